The smallest absolute Gasteiger partial charge is 0.325 e. The SMILES string of the molecule is Cc1cccc(C(=O)NC2=C/C(=C/N[C@H]3CC[C@](C)(O)CC3)C(=N)C=C2c2ncco2)[n+]1O. The lowest BCUT2D eigenvalue weighted by Gasteiger charge is -2.33. The van der Waals surface area contributed by atoms with Crippen molar-refractivity contribution in [3.05, 3.63) is 77.6 Å². The van der Waals surface area contributed by atoms with E-state index in [-0.39, 0.29) is 23.3 Å². The average molecular weight is 451 g/mol. The number of carbonyl (C=O) groups excluding carboxylic acids is 1. The first-order chi connectivity index (χ1) is 15.7. The Kier molecular flexibility index (Phi) is 6.15. The van der Waals surface area contributed by atoms with Crippen molar-refractivity contribution >= 4 is 17.2 Å². The lowest BCUT2D eigenvalue weighted by molar-refractivity contribution is -0.909. The molecule has 2 heterocycles. The van der Waals surface area contributed by atoms with Crippen LogP contribution in [0.2, 0.25) is 0 Å². The molecule has 0 aromatic carbocycles. The van der Waals surface area contributed by atoms with Crippen LogP contribution < -0.4 is 15.4 Å². The summed E-state index contributed by atoms with van der Waals surface area (Å²) in [7, 11) is 0. The van der Waals surface area contributed by atoms with Gasteiger partial charge >= 0.3 is 11.6 Å². The zero-order valence-corrected chi connectivity index (χ0v) is 18.6. The van der Waals surface area contributed by atoms with Crippen LogP contribution in [0.25, 0.3) is 5.57 Å². The molecule has 0 unspecified atom stereocenters. The number of oxazole rings is 1. The van der Waals surface area contributed by atoms with Gasteiger partial charge in [0, 0.05) is 41.6 Å². The lowest BCUT2D eigenvalue weighted by Crippen LogP contribution is -2.44. The summed E-state index contributed by atoms with van der Waals surface area (Å²) in [5.74, 6) is -0.242. The maximum absolute atomic E-state index is 12.9. The molecule has 2 aliphatic rings. The fourth-order valence-electron chi connectivity index (χ4n) is 3.95. The molecular weight excluding hydrogens is 422 g/mol. The summed E-state index contributed by atoms with van der Waals surface area (Å²) in [6.07, 6.45) is 11.0. The molecule has 9 heteroatoms. The number of carbonyl (C=O) groups is 1. The summed E-state index contributed by atoms with van der Waals surface area (Å²) in [5.41, 5.74) is 1.65. The van der Waals surface area contributed by atoms with Crippen LogP contribution in [0.4, 0.5) is 0 Å². The molecule has 2 aromatic rings. The van der Waals surface area contributed by atoms with Gasteiger partial charge in [0.2, 0.25) is 11.6 Å². The standard InChI is InChI=1S/C24H27N5O4/c1-15-4-3-5-21(29(15)32)22(30)28-20-12-16(14-27-17-6-8-24(2,31)9-7-17)19(25)13-18(20)23-26-10-11-33-23/h3-5,10-14,17,25,30-32H,6-9H2,1-2H3/p+1/t17-,24-. The molecule has 1 saturated carbocycles. The lowest BCUT2D eigenvalue weighted by atomic mass is 9.84. The van der Waals surface area contributed by atoms with Crippen LogP contribution in [-0.2, 0) is 0 Å². The Labute approximate surface area is 191 Å². The number of pyridine rings is 1. The summed E-state index contributed by atoms with van der Waals surface area (Å²) in [6, 6.07) is 5.09. The van der Waals surface area contributed by atoms with Crippen molar-refractivity contribution in [2.24, 2.45) is 0 Å². The minimum absolute atomic E-state index is 0.0706. The molecule has 5 N–H and O–H groups in total. The highest BCUT2D eigenvalue weighted by Gasteiger charge is 2.29. The highest BCUT2D eigenvalue weighted by atomic mass is 16.5. The molecule has 0 aliphatic heterocycles. The third-order valence-corrected chi connectivity index (χ3v) is 6.02. The van der Waals surface area contributed by atoms with Gasteiger partial charge in [-0.1, -0.05) is 0 Å². The van der Waals surface area contributed by atoms with E-state index in [0.29, 0.717) is 35.4 Å². The second-order valence-corrected chi connectivity index (χ2v) is 8.72. The molecule has 0 radical (unpaired) electrons. The van der Waals surface area contributed by atoms with E-state index < -0.39 is 11.5 Å². The molecule has 0 atom stereocenters. The van der Waals surface area contributed by atoms with Crippen LogP contribution in [0.5, 0.6) is 0 Å². The number of aryl methyl sites for hydroxylation is 1. The first kappa shape index (κ1) is 22.5. The van der Waals surface area contributed by atoms with Crippen LogP contribution in [0.15, 0.2) is 64.7 Å². The number of nitrogens with one attached hydrogen (secondary N) is 3. The zero-order valence-electron chi connectivity index (χ0n) is 18.6. The van der Waals surface area contributed by atoms with Gasteiger partial charge in [-0.05, 0) is 50.8 Å². The number of aromatic nitrogens is 2. The van der Waals surface area contributed by atoms with Crippen LogP contribution in [0, 0.1) is 12.3 Å². The van der Waals surface area contributed by atoms with E-state index in [1.807, 2.05) is 6.92 Å². The van der Waals surface area contributed by atoms with Gasteiger partial charge in [-0.25, -0.2) is 4.98 Å². The van der Waals surface area contributed by atoms with Gasteiger partial charge in [0.25, 0.3) is 0 Å². The zero-order chi connectivity index (χ0) is 23.6. The Bertz CT molecular complexity index is 1150. The fourth-order valence-corrected chi connectivity index (χ4v) is 3.95. The Hall–Kier alpha value is -3.72. The average Bonchev–Trinajstić information content (AvgIpc) is 3.31. The highest BCUT2D eigenvalue weighted by Crippen LogP contribution is 2.29. The molecule has 2 aliphatic carbocycles. The molecule has 0 bridgehead atoms. The normalized spacial score (nSPS) is 24.3. The molecule has 2 aromatic heterocycles. The van der Waals surface area contributed by atoms with E-state index in [1.54, 1.807) is 37.4 Å². The summed E-state index contributed by atoms with van der Waals surface area (Å²) in [4.78, 5) is 17.1. The van der Waals surface area contributed by atoms with Gasteiger partial charge in [0.05, 0.1) is 28.8 Å². The van der Waals surface area contributed by atoms with Crippen molar-refractivity contribution in [1.29, 1.82) is 5.41 Å². The summed E-state index contributed by atoms with van der Waals surface area (Å²) in [5, 5.41) is 35.0. The summed E-state index contributed by atoms with van der Waals surface area (Å²) < 4.78 is 6.24. The van der Waals surface area contributed by atoms with Crippen molar-refractivity contribution in [3.8, 4) is 0 Å². The monoisotopic (exact) mass is 450 g/mol. The fraction of sp³-hybridized carbons (Fsp3) is 0.333. The predicted octanol–water partition coefficient (Wildman–Crippen LogP) is 2.41. The van der Waals surface area contributed by atoms with E-state index in [9.17, 15) is 15.1 Å². The molecule has 9 nitrogen and oxygen atoms in total. The van der Waals surface area contributed by atoms with Crippen LogP contribution in [0.1, 0.15) is 54.7 Å². The molecule has 0 spiro atoms. The number of rotatable bonds is 5. The largest absolute Gasteiger partial charge is 0.444 e. The van der Waals surface area contributed by atoms with Crippen molar-refractivity contribution in [2.75, 3.05) is 0 Å². The van der Waals surface area contributed by atoms with Gasteiger partial charge in [0.1, 0.15) is 6.26 Å². The Balaban J connectivity index is 1.59. The van der Waals surface area contributed by atoms with Gasteiger partial charge in [-0.3, -0.25) is 10.0 Å². The molecule has 0 saturated heterocycles. The van der Waals surface area contributed by atoms with E-state index in [0.717, 1.165) is 17.6 Å². The number of aliphatic hydroxyl groups is 1. The van der Waals surface area contributed by atoms with Crippen molar-refractivity contribution in [1.82, 2.24) is 15.6 Å². The third-order valence-electron chi connectivity index (χ3n) is 6.02. The van der Waals surface area contributed by atoms with Crippen molar-refractivity contribution in [3.63, 3.8) is 0 Å². The number of amides is 1. The van der Waals surface area contributed by atoms with Gasteiger partial charge in [0.15, 0.2) is 0 Å². The number of nitrogens with zero attached hydrogens (tertiary/aromatic N) is 2. The number of allylic oxidation sites excluding steroid dienone is 4. The minimum atomic E-state index is -0.618. The second-order valence-electron chi connectivity index (χ2n) is 8.72. The molecule has 4 rings (SSSR count). The Morgan fingerprint density at radius 2 is 2.09 bits per heavy atom. The van der Waals surface area contributed by atoms with Gasteiger partial charge in [-0.2, -0.15) is 0 Å². The molecule has 172 valence electrons. The molecular formula is C24H28N5O4+. The quantitative estimate of drug-likeness (QED) is 0.351. The first-order valence-corrected chi connectivity index (χ1v) is 10.9. The van der Waals surface area contributed by atoms with E-state index in [2.05, 4.69) is 15.6 Å². The van der Waals surface area contributed by atoms with Crippen molar-refractivity contribution in [2.45, 2.75) is 51.2 Å². The van der Waals surface area contributed by atoms with E-state index in [4.69, 9.17) is 9.83 Å². The molecule has 1 amide bonds. The van der Waals surface area contributed by atoms with Crippen molar-refractivity contribution < 1.29 is 24.3 Å². The van der Waals surface area contributed by atoms with Gasteiger partial charge < -0.3 is 25.6 Å². The summed E-state index contributed by atoms with van der Waals surface area (Å²) in [6.45, 7) is 3.54. The third kappa shape index (κ3) is 5.04. The Morgan fingerprint density at radius 3 is 2.79 bits per heavy atom. The highest BCUT2D eigenvalue weighted by molar-refractivity contribution is 6.16. The van der Waals surface area contributed by atoms with E-state index in [1.165, 1.54) is 18.5 Å². The molecule has 1 fully saturated rings. The topological polar surface area (TPSA) is 135 Å². The van der Waals surface area contributed by atoms with E-state index >= 15 is 0 Å². The maximum atomic E-state index is 12.9. The Morgan fingerprint density at radius 1 is 1.33 bits per heavy atom. The van der Waals surface area contributed by atoms with Gasteiger partial charge in [-0.15, -0.1) is 0 Å². The van der Waals surface area contributed by atoms with Crippen LogP contribution in [-0.4, -0.2) is 38.6 Å². The van der Waals surface area contributed by atoms with Crippen LogP contribution in [0.3, 0.4) is 0 Å². The first-order valence-electron chi connectivity index (χ1n) is 10.9. The predicted molar refractivity (Wildman–Crippen MR) is 120 cm³/mol. The number of hydrogen-bond acceptors (Lipinski definition) is 7. The maximum Gasteiger partial charge on any atom is 0.325 e. The van der Waals surface area contributed by atoms with Crippen LogP contribution >= 0.6 is 0 Å². The number of hydrogen-bond donors (Lipinski definition) is 5. The minimum Gasteiger partial charge on any atom is -0.444 e. The second kappa shape index (κ2) is 9.03. The summed E-state index contributed by atoms with van der Waals surface area (Å²) >= 11 is 0. The molecule has 33 heavy (non-hydrogen) atoms.